The molecule has 0 unspecified atom stereocenters. The summed E-state index contributed by atoms with van der Waals surface area (Å²) in [6.07, 6.45) is 6.54. The molecule has 0 aromatic carbocycles. The van der Waals surface area contributed by atoms with E-state index in [1.165, 1.54) is 25.7 Å². The molecule has 3 nitrogen and oxygen atoms in total. The summed E-state index contributed by atoms with van der Waals surface area (Å²) in [5, 5.41) is 0. The van der Waals surface area contributed by atoms with Crippen molar-refractivity contribution < 1.29 is 9.53 Å². The Hall–Kier alpha value is -0.570. The Balaban J connectivity index is 2.10. The first-order valence-electron chi connectivity index (χ1n) is 6.12. The van der Waals surface area contributed by atoms with Crippen LogP contribution in [0.2, 0.25) is 0 Å². The molecule has 0 bridgehead atoms. The molecule has 0 aromatic rings. The molecule has 88 valence electrons. The minimum absolute atomic E-state index is 0.0431. The number of esters is 1. The second-order valence-corrected chi connectivity index (χ2v) is 4.47. The van der Waals surface area contributed by atoms with Gasteiger partial charge in [0.15, 0.2) is 0 Å². The average Bonchev–Trinajstić information content (AvgIpc) is 2.27. The third kappa shape index (κ3) is 4.65. The van der Waals surface area contributed by atoms with Gasteiger partial charge in [0.25, 0.3) is 0 Å². The van der Waals surface area contributed by atoms with Gasteiger partial charge in [0, 0.05) is 6.42 Å². The Morgan fingerprint density at radius 3 is 2.40 bits per heavy atom. The summed E-state index contributed by atoms with van der Waals surface area (Å²) < 4.78 is 4.92. The van der Waals surface area contributed by atoms with Gasteiger partial charge in [-0.25, -0.2) is 0 Å². The molecule has 1 aliphatic carbocycles. The number of rotatable bonds is 5. The molecule has 3 heteroatoms. The van der Waals surface area contributed by atoms with Crippen molar-refractivity contribution in [3.05, 3.63) is 0 Å². The van der Waals surface area contributed by atoms with Crippen LogP contribution in [0.25, 0.3) is 0 Å². The Kier molecular flexibility index (Phi) is 5.69. The lowest BCUT2D eigenvalue weighted by Gasteiger charge is -2.27. The highest BCUT2D eigenvalue weighted by molar-refractivity contribution is 5.69. The quantitative estimate of drug-likeness (QED) is 0.711. The maximum absolute atomic E-state index is 11.2. The molecule has 0 aromatic heterocycles. The first kappa shape index (κ1) is 12.5. The topological polar surface area (TPSA) is 52.3 Å². The Labute approximate surface area is 92.4 Å². The fraction of sp³-hybridized carbons (Fsp3) is 0.917. The number of hydrogen-bond acceptors (Lipinski definition) is 3. The normalized spacial score (nSPS) is 26.3. The number of carbonyl (C=O) groups excluding carboxylic acids is 1. The molecule has 1 saturated carbocycles. The van der Waals surface area contributed by atoms with Crippen LogP contribution in [0.4, 0.5) is 0 Å². The van der Waals surface area contributed by atoms with Crippen LogP contribution in [0.15, 0.2) is 0 Å². The third-order valence-electron chi connectivity index (χ3n) is 3.36. The van der Waals surface area contributed by atoms with Crippen LogP contribution >= 0.6 is 0 Å². The van der Waals surface area contributed by atoms with Crippen molar-refractivity contribution in [3.8, 4) is 0 Å². The van der Waals surface area contributed by atoms with E-state index in [1.54, 1.807) is 0 Å². The highest BCUT2D eigenvalue weighted by atomic mass is 16.5. The molecule has 0 spiro atoms. The van der Waals surface area contributed by atoms with E-state index in [-0.39, 0.29) is 5.97 Å². The van der Waals surface area contributed by atoms with Crippen molar-refractivity contribution in [1.29, 1.82) is 0 Å². The van der Waals surface area contributed by atoms with Crippen molar-refractivity contribution >= 4 is 5.97 Å². The summed E-state index contributed by atoms with van der Waals surface area (Å²) in [7, 11) is 0. The van der Waals surface area contributed by atoms with Gasteiger partial charge in [-0.05, 0) is 44.6 Å². The highest BCUT2D eigenvalue weighted by Gasteiger charge is 2.20. The van der Waals surface area contributed by atoms with E-state index in [0.29, 0.717) is 13.0 Å². The summed E-state index contributed by atoms with van der Waals surface area (Å²) in [5.41, 5.74) is 5.64. The van der Waals surface area contributed by atoms with Crippen LogP contribution in [0.3, 0.4) is 0 Å². The van der Waals surface area contributed by atoms with E-state index in [2.05, 4.69) is 0 Å². The van der Waals surface area contributed by atoms with Gasteiger partial charge in [0.1, 0.15) is 0 Å². The number of ether oxygens (including phenoxy) is 1. The van der Waals surface area contributed by atoms with Gasteiger partial charge in [-0.3, -0.25) is 4.79 Å². The molecule has 1 rings (SSSR count). The lowest BCUT2D eigenvalue weighted by molar-refractivity contribution is -0.143. The maximum Gasteiger partial charge on any atom is 0.305 e. The second kappa shape index (κ2) is 6.83. The van der Waals surface area contributed by atoms with Crippen LogP contribution in [-0.2, 0) is 9.53 Å². The standard InChI is InChI=1S/C12H23NO2/c1-2-15-12(14)8-7-10-3-5-11(9-13)6-4-10/h10-11H,2-9,13H2,1H3. The zero-order valence-corrected chi connectivity index (χ0v) is 9.71. The molecule has 1 fully saturated rings. The first-order chi connectivity index (χ1) is 7.26. The Morgan fingerprint density at radius 1 is 1.27 bits per heavy atom. The van der Waals surface area contributed by atoms with Gasteiger partial charge >= 0.3 is 5.97 Å². The molecular weight excluding hydrogens is 190 g/mol. The van der Waals surface area contributed by atoms with Gasteiger partial charge in [0.05, 0.1) is 6.61 Å². The smallest absolute Gasteiger partial charge is 0.305 e. The SMILES string of the molecule is CCOC(=O)CCC1CCC(CN)CC1. The average molecular weight is 213 g/mol. The zero-order valence-electron chi connectivity index (χ0n) is 9.71. The fourth-order valence-electron chi connectivity index (χ4n) is 2.31. The Bertz CT molecular complexity index is 186. The van der Waals surface area contributed by atoms with Crippen molar-refractivity contribution in [1.82, 2.24) is 0 Å². The first-order valence-corrected chi connectivity index (χ1v) is 6.12. The van der Waals surface area contributed by atoms with E-state index in [9.17, 15) is 4.79 Å². The Morgan fingerprint density at radius 2 is 1.87 bits per heavy atom. The second-order valence-electron chi connectivity index (χ2n) is 4.47. The predicted octanol–water partition coefficient (Wildman–Crippen LogP) is 2.09. The molecule has 0 amide bonds. The van der Waals surface area contributed by atoms with Crippen molar-refractivity contribution in [2.75, 3.05) is 13.2 Å². The zero-order chi connectivity index (χ0) is 11.1. The van der Waals surface area contributed by atoms with Crippen LogP contribution in [0.1, 0.15) is 45.4 Å². The molecule has 2 N–H and O–H groups in total. The van der Waals surface area contributed by atoms with Gasteiger partial charge < -0.3 is 10.5 Å². The van der Waals surface area contributed by atoms with Crippen LogP contribution < -0.4 is 5.73 Å². The van der Waals surface area contributed by atoms with E-state index < -0.39 is 0 Å². The molecule has 0 saturated heterocycles. The summed E-state index contributed by atoms with van der Waals surface area (Å²) >= 11 is 0. The lowest BCUT2D eigenvalue weighted by atomic mass is 9.80. The highest BCUT2D eigenvalue weighted by Crippen LogP contribution is 2.30. The van der Waals surface area contributed by atoms with E-state index in [1.807, 2.05) is 6.92 Å². The molecule has 1 aliphatic rings. The predicted molar refractivity (Wildman–Crippen MR) is 60.4 cm³/mol. The number of nitrogens with two attached hydrogens (primary N) is 1. The molecule has 15 heavy (non-hydrogen) atoms. The van der Waals surface area contributed by atoms with Crippen molar-refractivity contribution in [3.63, 3.8) is 0 Å². The van der Waals surface area contributed by atoms with E-state index in [4.69, 9.17) is 10.5 Å². The summed E-state index contributed by atoms with van der Waals surface area (Å²) in [6.45, 7) is 3.17. The number of hydrogen-bond donors (Lipinski definition) is 1. The van der Waals surface area contributed by atoms with Crippen LogP contribution in [0, 0.1) is 11.8 Å². The molecule has 0 aliphatic heterocycles. The molecular formula is C12H23NO2. The van der Waals surface area contributed by atoms with Crippen LogP contribution in [0.5, 0.6) is 0 Å². The number of carbonyl (C=O) groups is 1. The summed E-state index contributed by atoms with van der Waals surface area (Å²) in [5.74, 6) is 1.40. The minimum atomic E-state index is -0.0431. The summed E-state index contributed by atoms with van der Waals surface area (Å²) in [4.78, 5) is 11.2. The van der Waals surface area contributed by atoms with Gasteiger partial charge in [-0.2, -0.15) is 0 Å². The van der Waals surface area contributed by atoms with Gasteiger partial charge in [-0.15, -0.1) is 0 Å². The van der Waals surface area contributed by atoms with Gasteiger partial charge in [-0.1, -0.05) is 12.8 Å². The summed E-state index contributed by atoms with van der Waals surface area (Å²) in [6, 6.07) is 0. The van der Waals surface area contributed by atoms with Crippen LogP contribution in [-0.4, -0.2) is 19.1 Å². The van der Waals surface area contributed by atoms with Gasteiger partial charge in [0.2, 0.25) is 0 Å². The van der Waals surface area contributed by atoms with E-state index in [0.717, 1.165) is 24.8 Å². The fourth-order valence-corrected chi connectivity index (χ4v) is 2.31. The molecule has 0 heterocycles. The molecule has 0 radical (unpaired) electrons. The molecule has 0 atom stereocenters. The lowest BCUT2D eigenvalue weighted by Crippen LogP contribution is -2.21. The van der Waals surface area contributed by atoms with Crippen molar-refractivity contribution in [2.24, 2.45) is 17.6 Å². The monoisotopic (exact) mass is 213 g/mol. The maximum atomic E-state index is 11.2. The third-order valence-corrected chi connectivity index (χ3v) is 3.36. The van der Waals surface area contributed by atoms with E-state index >= 15 is 0 Å². The minimum Gasteiger partial charge on any atom is -0.466 e. The van der Waals surface area contributed by atoms with Crippen molar-refractivity contribution in [2.45, 2.75) is 45.4 Å². The largest absolute Gasteiger partial charge is 0.466 e.